The number of nitrogens with zero attached hydrogens (tertiary/aromatic N) is 1. The van der Waals surface area contributed by atoms with Crippen LogP contribution >= 0.6 is 11.3 Å². The number of rotatable bonds is 5. The normalized spacial score (nSPS) is 17.8. The number of hydrogen-bond acceptors (Lipinski definition) is 4. The molecule has 4 nitrogen and oxygen atoms in total. The van der Waals surface area contributed by atoms with Gasteiger partial charge in [0.15, 0.2) is 0 Å². The van der Waals surface area contributed by atoms with Crippen LogP contribution in [0, 0.1) is 5.92 Å². The van der Waals surface area contributed by atoms with Crippen LogP contribution in [0.25, 0.3) is 0 Å². The van der Waals surface area contributed by atoms with Gasteiger partial charge in [-0.25, -0.2) is 0 Å². The van der Waals surface area contributed by atoms with Gasteiger partial charge >= 0.3 is 5.97 Å². The zero-order valence-corrected chi connectivity index (χ0v) is 14.0. The summed E-state index contributed by atoms with van der Waals surface area (Å²) in [6.45, 7) is 1.57. The van der Waals surface area contributed by atoms with Gasteiger partial charge in [0.05, 0.1) is 19.1 Å². The van der Waals surface area contributed by atoms with Gasteiger partial charge < -0.3 is 9.84 Å². The molecule has 1 aromatic heterocycles. The lowest BCUT2D eigenvalue weighted by molar-refractivity contribution is -0.143. The molecular weight excluding hydrogens is 310 g/mol. The molecule has 0 spiro atoms. The molecule has 2 heterocycles. The second-order valence-corrected chi connectivity index (χ2v) is 6.63. The highest BCUT2D eigenvalue weighted by atomic mass is 32.1. The van der Waals surface area contributed by atoms with Crippen LogP contribution in [0.1, 0.15) is 30.0 Å². The molecule has 1 aromatic carbocycles. The lowest BCUT2D eigenvalue weighted by atomic mass is 9.92. The molecular formula is C18H21NO3S. The molecule has 1 N–H and O–H groups in total. The molecule has 1 atom stereocenters. The average Bonchev–Trinajstić information content (AvgIpc) is 3.10. The van der Waals surface area contributed by atoms with E-state index in [0.717, 1.165) is 24.4 Å². The first kappa shape index (κ1) is 16.0. The van der Waals surface area contributed by atoms with Gasteiger partial charge in [-0.05, 0) is 54.4 Å². The van der Waals surface area contributed by atoms with E-state index >= 15 is 0 Å². The van der Waals surface area contributed by atoms with Crippen molar-refractivity contribution in [3.63, 3.8) is 0 Å². The number of carbonyl (C=O) groups is 1. The highest BCUT2D eigenvalue weighted by molar-refractivity contribution is 7.08. The summed E-state index contributed by atoms with van der Waals surface area (Å²) < 4.78 is 5.56. The Balaban J connectivity index is 1.90. The van der Waals surface area contributed by atoms with E-state index in [0.29, 0.717) is 12.8 Å². The number of methoxy groups -OCH3 is 1. The van der Waals surface area contributed by atoms with Crippen LogP contribution in [0.4, 0.5) is 0 Å². The summed E-state index contributed by atoms with van der Waals surface area (Å²) in [7, 11) is 1.69. The number of aliphatic carboxylic acids is 1. The Bertz CT molecular complexity index is 648. The molecule has 1 aliphatic heterocycles. The standard InChI is InChI=1S/C18H21NO3S/c1-22-16-5-3-2-4-15(16)17(14-8-11-23-12-14)19-9-6-13(7-10-19)18(20)21/h2-5,8,11-13,17H,6-7,9-10H2,1H3,(H,20,21). The minimum atomic E-state index is -0.672. The van der Waals surface area contributed by atoms with Crippen LogP contribution in [0.5, 0.6) is 5.75 Å². The van der Waals surface area contributed by atoms with Crippen LogP contribution in [0.15, 0.2) is 41.1 Å². The topological polar surface area (TPSA) is 49.8 Å². The Morgan fingerprint density at radius 1 is 1.30 bits per heavy atom. The number of piperidine rings is 1. The molecule has 23 heavy (non-hydrogen) atoms. The first-order chi connectivity index (χ1) is 11.2. The van der Waals surface area contributed by atoms with E-state index in [1.807, 2.05) is 18.2 Å². The highest BCUT2D eigenvalue weighted by Crippen LogP contribution is 2.37. The van der Waals surface area contributed by atoms with Gasteiger partial charge in [0.1, 0.15) is 5.75 Å². The van der Waals surface area contributed by atoms with E-state index < -0.39 is 5.97 Å². The van der Waals surface area contributed by atoms with Crippen molar-refractivity contribution in [1.82, 2.24) is 4.90 Å². The molecule has 0 saturated carbocycles. The second-order valence-electron chi connectivity index (χ2n) is 5.85. The van der Waals surface area contributed by atoms with Gasteiger partial charge in [-0.2, -0.15) is 11.3 Å². The Morgan fingerprint density at radius 3 is 2.65 bits per heavy atom. The molecule has 5 heteroatoms. The fourth-order valence-corrected chi connectivity index (χ4v) is 3.99. The molecule has 0 amide bonds. The molecule has 1 saturated heterocycles. The summed E-state index contributed by atoms with van der Waals surface area (Å²) in [5.41, 5.74) is 2.38. The monoisotopic (exact) mass is 331 g/mol. The predicted octanol–water partition coefficient (Wildman–Crippen LogP) is 3.64. The Hall–Kier alpha value is -1.85. The lowest BCUT2D eigenvalue weighted by Gasteiger charge is -2.37. The minimum absolute atomic E-state index is 0.118. The summed E-state index contributed by atoms with van der Waals surface area (Å²) >= 11 is 1.68. The third kappa shape index (κ3) is 3.41. The van der Waals surface area contributed by atoms with Crippen molar-refractivity contribution < 1.29 is 14.6 Å². The van der Waals surface area contributed by atoms with Crippen molar-refractivity contribution in [1.29, 1.82) is 0 Å². The van der Waals surface area contributed by atoms with E-state index in [1.165, 1.54) is 5.56 Å². The number of benzene rings is 1. The first-order valence-electron chi connectivity index (χ1n) is 7.82. The van der Waals surface area contributed by atoms with Crippen LogP contribution < -0.4 is 4.74 Å². The first-order valence-corrected chi connectivity index (χ1v) is 8.77. The van der Waals surface area contributed by atoms with Gasteiger partial charge in [-0.3, -0.25) is 9.69 Å². The second kappa shape index (κ2) is 7.15. The van der Waals surface area contributed by atoms with Gasteiger partial charge in [-0.15, -0.1) is 0 Å². The van der Waals surface area contributed by atoms with E-state index in [4.69, 9.17) is 4.74 Å². The molecule has 122 valence electrons. The van der Waals surface area contributed by atoms with Crippen molar-refractivity contribution in [2.75, 3.05) is 20.2 Å². The highest BCUT2D eigenvalue weighted by Gasteiger charge is 2.31. The van der Waals surface area contributed by atoms with E-state index in [9.17, 15) is 9.90 Å². The Kier molecular flexibility index (Phi) is 4.98. The van der Waals surface area contributed by atoms with Gasteiger partial charge in [0.2, 0.25) is 0 Å². The van der Waals surface area contributed by atoms with Crippen molar-refractivity contribution in [2.45, 2.75) is 18.9 Å². The summed E-state index contributed by atoms with van der Waals surface area (Å²) in [6.07, 6.45) is 1.40. The number of ether oxygens (including phenoxy) is 1. The predicted molar refractivity (Wildman–Crippen MR) is 91.1 cm³/mol. The summed E-state index contributed by atoms with van der Waals surface area (Å²) in [5.74, 6) is -0.00914. The zero-order chi connectivity index (χ0) is 16.2. The van der Waals surface area contributed by atoms with Crippen molar-refractivity contribution >= 4 is 17.3 Å². The number of hydrogen-bond donors (Lipinski definition) is 1. The fraction of sp³-hybridized carbons (Fsp3) is 0.389. The molecule has 0 radical (unpaired) electrons. The number of para-hydroxylation sites is 1. The molecule has 3 rings (SSSR count). The average molecular weight is 331 g/mol. The van der Waals surface area contributed by atoms with Crippen molar-refractivity contribution in [3.05, 3.63) is 52.2 Å². The molecule has 1 unspecified atom stereocenters. The summed E-state index contributed by atoms with van der Waals surface area (Å²) in [5, 5.41) is 13.5. The maximum Gasteiger partial charge on any atom is 0.306 e. The number of likely N-dealkylation sites (tertiary alicyclic amines) is 1. The van der Waals surface area contributed by atoms with E-state index in [-0.39, 0.29) is 12.0 Å². The van der Waals surface area contributed by atoms with Crippen LogP contribution in [-0.4, -0.2) is 36.2 Å². The molecule has 2 aromatic rings. The third-order valence-electron chi connectivity index (χ3n) is 4.54. The lowest BCUT2D eigenvalue weighted by Crippen LogP contribution is -2.39. The SMILES string of the molecule is COc1ccccc1C(c1ccsc1)N1CCC(C(=O)O)CC1. The third-order valence-corrected chi connectivity index (χ3v) is 5.24. The minimum Gasteiger partial charge on any atom is -0.496 e. The number of carboxylic acids is 1. The van der Waals surface area contributed by atoms with Crippen LogP contribution in [0.2, 0.25) is 0 Å². The van der Waals surface area contributed by atoms with Crippen molar-refractivity contribution in [2.24, 2.45) is 5.92 Å². The Morgan fingerprint density at radius 2 is 2.04 bits per heavy atom. The van der Waals surface area contributed by atoms with E-state index in [2.05, 4.69) is 27.8 Å². The zero-order valence-electron chi connectivity index (χ0n) is 13.1. The van der Waals surface area contributed by atoms with Crippen LogP contribution in [0.3, 0.4) is 0 Å². The maximum atomic E-state index is 11.2. The molecule has 0 aliphatic carbocycles. The van der Waals surface area contributed by atoms with Gasteiger partial charge in [0, 0.05) is 5.56 Å². The summed E-state index contributed by atoms with van der Waals surface area (Å²) in [4.78, 5) is 13.6. The fourth-order valence-electron chi connectivity index (χ4n) is 3.31. The van der Waals surface area contributed by atoms with Gasteiger partial charge in [0.25, 0.3) is 0 Å². The van der Waals surface area contributed by atoms with Crippen LogP contribution in [-0.2, 0) is 4.79 Å². The summed E-state index contributed by atoms with van der Waals surface area (Å²) in [6, 6.07) is 10.4. The maximum absolute atomic E-state index is 11.2. The van der Waals surface area contributed by atoms with Gasteiger partial charge in [-0.1, -0.05) is 18.2 Å². The number of thiophene rings is 1. The molecule has 1 aliphatic rings. The molecule has 1 fully saturated rings. The number of carboxylic acid groups (broad SMARTS) is 1. The Labute approximate surface area is 140 Å². The van der Waals surface area contributed by atoms with Crippen molar-refractivity contribution in [3.8, 4) is 5.75 Å². The largest absolute Gasteiger partial charge is 0.496 e. The quantitative estimate of drug-likeness (QED) is 0.909. The van der Waals surface area contributed by atoms with E-state index in [1.54, 1.807) is 18.4 Å². The molecule has 0 bridgehead atoms. The smallest absolute Gasteiger partial charge is 0.306 e.